The highest BCUT2D eigenvalue weighted by Gasteiger charge is 2.38. The largest absolute Gasteiger partial charge is 0.493 e. The standard InChI is InChI=1S/C31H31NO8/c1-36-25-12-11-21(17-26(25)37-2)29-23(18-33)22-14-20(16-27(38-3)30(22)40-29)10-13-28(34)32-24(31(35)39-4)15-19-8-6-5-7-9-19/h5-14,16-18,23-24,29H,15H2,1-4H3,(H,32,34)/b13-10+. The lowest BCUT2D eigenvalue weighted by Crippen LogP contribution is -2.42. The van der Waals surface area contributed by atoms with Crippen molar-refractivity contribution in [3.8, 4) is 23.0 Å². The van der Waals surface area contributed by atoms with Crippen LogP contribution in [0.25, 0.3) is 6.08 Å². The summed E-state index contributed by atoms with van der Waals surface area (Å²) in [4.78, 5) is 37.3. The second-order valence-corrected chi connectivity index (χ2v) is 9.06. The predicted molar refractivity (Wildman–Crippen MR) is 148 cm³/mol. The van der Waals surface area contributed by atoms with Crippen molar-refractivity contribution >= 4 is 24.2 Å². The van der Waals surface area contributed by atoms with Gasteiger partial charge >= 0.3 is 5.97 Å². The van der Waals surface area contributed by atoms with Crippen LogP contribution in [0.1, 0.15) is 34.3 Å². The van der Waals surface area contributed by atoms with Gasteiger partial charge in [0, 0.05) is 18.1 Å². The third-order valence-corrected chi connectivity index (χ3v) is 6.65. The molecule has 3 atom stereocenters. The third-order valence-electron chi connectivity index (χ3n) is 6.65. The van der Waals surface area contributed by atoms with Gasteiger partial charge in [-0.25, -0.2) is 4.79 Å². The van der Waals surface area contributed by atoms with Gasteiger partial charge in [-0.3, -0.25) is 4.79 Å². The quantitative estimate of drug-likeness (QED) is 0.218. The number of hydrogen-bond acceptors (Lipinski definition) is 8. The van der Waals surface area contributed by atoms with E-state index in [0.717, 1.165) is 17.4 Å². The summed E-state index contributed by atoms with van der Waals surface area (Å²) in [5.41, 5.74) is 2.86. The molecule has 0 bridgehead atoms. The maximum absolute atomic E-state index is 12.8. The Morgan fingerprint density at radius 1 is 0.925 bits per heavy atom. The third kappa shape index (κ3) is 6.09. The van der Waals surface area contributed by atoms with Crippen LogP contribution in [0.4, 0.5) is 0 Å². The van der Waals surface area contributed by atoms with Gasteiger partial charge in [-0.15, -0.1) is 0 Å². The first-order valence-corrected chi connectivity index (χ1v) is 12.6. The van der Waals surface area contributed by atoms with Crippen LogP contribution < -0.4 is 24.3 Å². The molecule has 0 aliphatic carbocycles. The van der Waals surface area contributed by atoms with Crippen molar-refractivity contribution in [3.05, 3.63) is 89.0 Å². The van der Waals surface area contributed by atoms with Crippen molar-refractivity contribution in [1.29, 1.82) is 0 Å². The molecule has 1 heterocycles. The Balaban J connectivity index is 1.56. The Hall–Kier alpha value is -4.79. The van der Waals surface area contributed by atoms with E-state index in [4.69, 9.17) is 23.7 Å². The molecule has 1 N–H and O–H groups in total. The molecule has 0 fully saturated rings. The summed E-state index contributed by atoms with van der Waals surface area (Å²) in [6.45, 7) is 0. The Morgan fingerprint density at radius 3 is 2.30 bits per heavy atom. The summed E-state index contributed by atoms with van der Waals surface area (Å²) in [5.74, 6) is 0.306. The highest BCUT2D eigenvalue weighted by molar-refractivity contribution is 5.95. The molecule has 9 heteroatoms. The molecule has 0 spiro atoms. The monoisotopic (exact) mass is 545 g/mol. The Bertz CT molecular complexity index is 1400. The number of fused-ring (bicyclic) bond motifs is 1. The SMILES string of the molecule is COC(=O)C(Cc1ccccc1)NC(=O)/C=C/c1cc(OC)c2c(c1)C(C=O)C(c1ccc(OC)c(OC)c1)O2. The van der Waals surface area contributed by atoms with Crippen molar-refractivity contribution in [2.24, 2.45) is 0 Å². The molecule has 0 aromatic heterocycles. The fourth-order valence-corrected chi connectivity index (χ4v) is 4.66. The van der Waals surface area contributed by atoms with E-state index in [1.807, 2.05) is 36.4 Å². The maximum Gasteiger partial charge on any atom is 0.328 e. The summed E-state index contributed by atoms with van der Waals surface area (Å²) in [6.07, 6.45) is 3.41. The second kappa shape index (κ2) is 12.8. The second-order valence-electron chi connectivity index (χ2n) is 9.06. The summed E-state index contributed by atoms with van der Waals surface area (Å²) in [6, 6.07) is 17.3. The predicted octanol–water partition coefficient (Wildman–Crippen LogP) is 4.04. The molecule has 40 heavy (non-hydrogen) atoms. The van der Waals surface area contributed by atoms with E-state index in [2.05, 4.69) is 5.32 Å². The number of rotatable bonds is 11. The molecular weight excluding hydrogens is 514 g/mol. The van der Waals surface area contributed by atoms with E-state index < -0.39 is 29.9 Å². The molecule has 0 radical (unpaired) electrons. The van der Waals surface area contributed by atoms with Crippen LogP contribution in [0, 0.1) is 0 Å². The number of amides is 1. The van der Waals surface area contributed by atoms with Crippen LogP contribution in [0.2, 0.25) is 0 Å². The van der Waals surface area contributed by atoms with Crippen LogP contribution in [0.5, 0.6) is 23.0 Å². The van der Waals surface area contributed by atoms with Crippen LogP contribution in [0.15, 0.2) is 66.7 Å². The van der Waals surface area contributed by atoms with E-state index in [1.165, 1.54) is 27.4 Å². The van der Waals surface area contributed by atoms with Crippen LogP contribution in [-0.4, -0.2) is 52.6 Å². The Morgan fingerprint density at radius 2 is 1.65 bits per heavy atom. The molecule has 1 aliphatic rings. The summed E-state index contributed by atoms with van der Waals surface area (Å²) < 4.78 is 27.4. The average molecular weight is 546 g/mol. The van der Waals surface area contributed by atoms with Crippen LogP contribution >= 0.6 is 0 Å². The van der Waals surface area contributed by atoms with Gasteiger partial charge in [0.2, 0.25) is 5.91 Å². The fourth-order valence-electron chi connectivity index (χ4n) is 4.66. The molecule has 208 valence electrons. The molecule has 3 aromatic rings. The molecule has 3 aromatic carbocycles. The van der Waals surface area contributed by atoms with E-state index >= 15 is 0 Å². The molecule has 4 rings (SSSR count). The van der Waals surface area contributed by atoms with Crippen molar-refractivity contribution in [2.75, 3.05) is 28.4 Å². The minimum Gasteiger partial charge on any atom is -0.493 e. The number of aldehydes is 1. The van der Waals surface area contributed by atoms with Crippen molar-refractivity contribution in [2.45, 2.75) is 24.5 Å². The average Bonchev–Trinajstić information content (AvgIpc) is 3.37. The highest BCUT2D eigenvalue weighted by Crippen LogP contribution is 2.51. The van der Waals surface area contributed by atoms with Crippen LogP contribution in [0.3, 0.4) is 0 Å². The Kier molecular flexibility index (Phi) is 9.06. The molecule has 3 unspecified atom stereocenters. The van der Waals surface area contributed by atoms with Gasteiger partial charge in [-0.2, -0.15) is 0 Å². The lowest BCUT2D eigenvalue weighted by atomic mass is 9.91. The van der Waals surface area contributed by atoms with E-state index in [-0.39, 0.29) is 6.42 Å². The number of carbonyl (C=O) groups excluding carboxylic acids is 3. The maximum atomic E-state index is 12.8. The first kappa shape index (κ1) is 28.2. The number of carbonyl (C=O) groups is 3. The van der Waals surface area contributed by atoms with Gasteiger partial charge in [0.25, 0.3) is 0 Å². The van der Waals surface area contributed by atoms with E-state index in [1.54, 1.807) is 37.5 Å². The molecule has 1 aliphatic heterocycles. The first-order chi connectivity index (χ1) is 19.4. The Labute approximate surface area is 232 Å². The summed E-state index contributed by atoms with van der Waals surface area (Å²) >= 11 is 0. The molecular formula is C31H31NO8. The number of methoxy groups -OCH3 is 4. The van der Waals surface area contributed by atoms with E-state index in [9.17, 15) is 14.4 Å². The normalized spacial score (nSPS) is 16.4. The number of hydrogen-bond donors (Lipinski definition) is 1. The molecule has 9 nitrogen and oxygen atoms in total. The molecule has 1 amide bonds. The number of ether oxygens (including phenoxy) is 5. The van der Waals surface area contributed by atoms with Gasteiger partial charge < -0.3 is 33.8 Å². The smallest absolute Gasteiger partial charge is 0.328 e. The lowest BCUT2D eigenvalue weighted by Gasteiger charge is -2.17. The highest BCUT2D eigenvalue weighted by atomic mass is 16.5. The molecule has 0 saturated heterocycles. The van der Waals surface area contributed by atoms with Gasteiger partial charge in [-0.05, 0) is 47.0 Å². The fraction of sp³-hybridized carbons (Fsp3) is 0.258. The van der Waals surface area contributed by atoms with E-state index in [0.29, 0.717) is 34.1 Å². The van der Waals surface area contributed by atoms with Gasteiger partial charge in [0.05, 0.1) is 34.4 Å². The van der Waals surface area contributed by atoms with Gasteiger partial charge in [0.15, 0.2) is 23.0 Å². The van der Waals surface area contributed by atoms with Gasteiger partial charge in [-0.1, -0.05) is 36.4 Å². The zero-order valence-corrected chi connectivity index (χ0v) is 22.7. The summed E-state index contributed by atoms with van der Waals surface area (Å²) in [7, 11) is 5.87. The van der Waals surface area contributed by atoms with Crippen molar-refractivity contribution < 1.29 is 38.1 Å². The van der Waals surface area contributed by atoms with Crippen molar-refractivity contribution in [1.82, 2.24) is 5.32 Å². The topological polar surface area (TPSA) is 109 Å². The first-order valence-electron chi connectivity index (χ1n) is 12.6. The zero-order chi connectivity index (χ0) is 28.6. The zero-order valence-electron chi connectivity index (χ0n) is 22.7. The number of esters is 1. The minimum atomic E-state index is -0.853. The van der Waals surface area contributed by atoms with Crippen molar-refractivity contribution in [3.63, 3.8) is 0 Å². The number of nitrogens with one attached hydrogen (secondary N) is 1. The lowest BCUT2D eigenvalue weighted by molar-refractivity contribution is -0.144. The van der Waals surface area contributed by atoms with Crippen LogP contribution in [-0.2, 0) is 25.5 Å². The van der Waals surface area contributed by atoms with Gasteiger partial charge in [0.1, 0.15) is 18.4 Å². The molecule has 0 saturated carbocycles. The number of benzene rings is 3. The minimum absolute atomic E-state index is 0.287. The summed E-state index contributed by atoms with van der Waals surface area (Å²) in [5, 5.41) is 2.70.